The molecule has 2 atom stereocenters. The van der Waals surface area contributed by atoms with Gasteiger partial charge < -0.3 is 9.47 Å². The molecular weight excluding hydrogens is 236 g/mol. The Morgan fingerprint density at radius 1 is 1.21 bits per heavy atom. The van der Waals surface area contributed by atoms with Crippen LogP contribution in [0, 0.1) is 0 Å². The van der Waals surface area contributed by atoms with Gasteiger partial charge in [0.2, 0.25) is 0 Å². The van der Waals surface area contributed by atoms with Crippen LogP contribution in [0.3, 0.4) is 0 Å². The summed E-state index contributed by atoms with van der Waals surface area (Å²) in [6.45, 7) is 2.24. The molecule has 0 amide bonds. The van der Waals surface area contributed by atoms with Crippen LogP contribution in [0.5, 0.6) is 5.75 Å². The molecule has 2 nitrogen and oxygen atoms in total. The second kappa shape index (κ2) is 7.34. The molecule has 1 aliphatic heterocycles. The van der Waals surface area contributed by atoms with Gasteiger partial charge in [0.25, 0.3) is 0 Å². The molecule has 1 aromatic carbocycles. The van der Waals surface area contributed by atoms with E-state index in [0.29, 0.717) is 6.10 Å². The Morgan fingerprint density at radius 2 is 2.00 bits per heavy atom. The van der Waals surface area contributed by atoms with Crippen LogP contribution in [0.4, 0.5) is 0 Å². The number of hydrogen-bond acceptors (Lipinski definition) is 2. The molecule has 0 unspecified atom stereocenters. The Bertz CT molecular complexity index is 394. The SMILES string of the molecule is CCCCC[C@H]1CC=C[C@H](c2ccc(OC)cc2)O1. The normalized spacial score (nSPS) is 22.4. The minimum absolute atomic E-state index is 0.103. The third-order valence-corrected chi connectivity index (χ3v) is 3.62. The molecule has 1 aromatic rings. The van der Waals surface area contributed by atoms with Gasteiger partial charge in [0.1, 0.15) is 11.9 Å². The van der Waals surface area contributed by atoms with E-state index in [4.69, 9.17) is 9.47 Å². The van der Waals surface area contributed by atoms with Gasteiger partial charge in [-0.1, -0.05) is 50.5 Å². The van der Waals surface area contributed by atoms with E-state index < -0.39 is 0 Å². The van der Waals surface area contributed by atoms with Crippen molar-refractivity contribution in [1.82, 2.24) is 0 Å². The lowest BCUT2D eigenvalue weighted by Gasteiger charge is -2.26. The summed E-state index contributed by atoms with van der Waals surface area (Å²) in [5.41, 5.74) is 1.21. The zero-order valence-electron chi connectivity index (χ0n) is 12.0. The van der Waals surface area contributed by atoms with Crippen LogP contribution < -0.4 is 4.74 Å². The van der Waals surface area contributed by atoms with E-state index in [-0.39, 0.29) is 6.10 Å². The third-order valence-electron chi connectivity index (χ3n) is 3.62. The molecule has 0 spiro atoms. The highest BCUT2D eigenvalue weighted by Crippen LogP contribution is 2.29. The van der Waals surface area contributed by atoms with E-state index in [2.05, 4.69) is 31.2 Å². The van der Waals surface area contributed by atoms with Crippen LogP contribution >= 0.6 is 0 Å². The van der Waals surface area contributed by atoms with Crippen LogP contribution in [-0.2, 0) is 4.74 Å². The molecule has 0 N–H and O–H groups in total. The standard InChI is InChI=1S/C17H24O2/c1-3-4-5-7-16-8-6-9-17(19-16)14-10-12-15(18-2)13-11-14/h6,9-13,16-17H,3-5,7-8H2,1-2H3/t16-,17+/m0/s1. The van der Waals surface area contributed by atoms with Gasteiger partial charge in [-0.05, 0) is 30.5 Å². The quantitative estimate of drug-likeness (QED) is 0.547. The number of unbranched alkanes of at least 4 members (excludes halogenated alkanes) is 2. The smallest absolute Gasteiger partial charge is 0.118 e. The van der Waals surface area contributed by atoms with Crippen molar-refractivity contribution in [3.63, 3.8) is 0 Å². The first-order valence-corrected chi connectivity index (χ1v) is 7.29. The van der Waals surface area contributed by atoms with Crippen molar-refractivity contribution in [2.75, 3.05) is 7.11 Å². The summed E-state index contributed by atoms with van der Waals surface area (Å²) in [4.78, 5) is 0. The third kappa shape index (κ3) is 4.10. The van der Waals surface area contributed by atoms with Gasteiger partial charge in [0, 0.05) is 0 Å². The first-order valence-electron chi connectivity index (χ1n) is 7.29. The Labute approximate surface area is 116 Å². The van der Waals surface area contributed by atoms with Crippen LogP contribution in [0.2, 0.25) is 0 Å². The van der Waals surface area contributed by atoms with E-state index >= 15 is 0 Å². The van der Waals surface area contributed by atoms with Gasteiger partial charge in [-0.25, -0.2) is 0 Å². The molecule has 0 fully saturated rings. The van der Waals surface area contributed by atoms with E-state index in [0.717, 1.165) is 12.2 Å². The zero-order valence-corrected chi connectivity index (χ0v) is 12.0. The van der Waals surface area contributed by atoms with Crippen molar-refractivity contribution in [2.24, 2.45) is 0 Å². The minimum Gasteiger partial charge on any atom is -0.497 e. The van der Waals surface area contributed by atoms with Gasteiger partial charge in [0.15, 0.2) is 0 Å². The average Bonchev–Trinajstić information content (AvgIpc) is 2.48. The number of rotatable bonds is 6. The summed E-state index contributed by atoms with van der Waals surface area (Å²) in [5.74, 6) is 0.892. The van der Waals surface area contributed by atoms with Gasteiger partial charge in [-0.15, -0.1) is 0 Å². The summed E-state index contributed by atoms with van der Waals surface area (Å²) >= 11 is 0. The molecule has 0 aliphatic carbocycles. The molecule has 0 aromatic heterocycles. The van der Waals surface area contributed by atoms with Crippen molar-refractivity contribution < 1.29 is 9.47 Å². The molecule has 104 valence electrons. The van der Waals surface area contributed by atoms with Crippen molar-refractivity contribution in [3.8, 4) is 5.75 Å². The number of hydrogen-bond donors (Lipinski definition) is 0. The fourth-order valence-electron chi connectivity index (χ4n) is 2.45. The van der Waals surface area contributed by atoms with Crippen molar-refractivity contribution in [2.45, 2.75) is 51.2 Å². The predicted octanol–water partition coefficient (Wildman–Crippen LogP) is 4.66. The number of methoxy groups -OCH3 is 1. The van der Waals surface area contributed by atoms with Gasteiger partial charge in [-0.3, -0.25) is 0 Å². The van der Waals surface area contributed by atoms with Crippen LogP contribution in [0.1, 0.15) is 50.7 Å². The summed E-state index contributed by atoms with van der Waals surface area (Å²) in [6.07, 6.45) is 11.0. The highest BCUT2D eigenvalue weighted by molar-refractivity contribution is 5.30. The fraction of sp³-hybridized carbons (Fsp3) is 0.529. The first kappa shape index (κ1) is 14.1. The van der Waals surface area contributed by atoms with E-state index in [1.165, 1.54) is 31.2 Å². The topological polar surface area (TPSA) is 18.5 Å². The second-order valence-electron chi connectivity index (χ2n) is 5.11. The lowest BCUT2D eigenvalue weighted by molar-refractivity contribution is -0.000774. The van der Waals surface area contributed by atoms with E-state index in [1.807, 2.05) is 12.1 Å². The molecule has 1 aliphatic rings. The second-order valence-corrected chi connectivity index (χ2v) is 5.11. The van der Waals surface area contributed by atoms with E-state index in [1.54, 1.807) is 7.11 Å². The molecule has 1 heterocycles. The summed E-state index contributed by atoms with van der Waals surface area (Å²) in [5, 5.41) is 0. The van der Waals surface area contributed by atoms with E-state index in [9.17, 15) is 0 Å². The molecular formula is C17H24O2. The molecule has 2 rings (SSSR count). The Balaban J connectivity index is 1.92. The van der Waals surface area contributed by atoms with Crippen LogP contribution in [0.25, 0.3) is 0 Å². The van der Waals surface area contributed by atoms with Crippen molar-refractivity contribution >= 4 is 0 Å². The molecule has 2 heteroatoms. The van der Waals surface area contributed by atoms with Crippen LogP contribution in [-0.4, -0.2) is 13.2 Å². The van der Waals surface area contributed by atoms with Crippen LogP contribution in [0.15, 0.2) is 36.4 Å². The van der Waals surface area contributed by atoms with Gasteiger partial charge in [0.05, 0.1) is 13.2 Å². The molecule has 0 radical (unpaired) electrons. The molecule has 0 bridgehead atoms. The minimum atomic E-state index is 0.103. The first-order chi connectivity index (χ1) is 9.33. The summed E-state index contributed by atoms with van der Waals surface area (Å²) in [6, 6.07) is 8.16. The Kier molecular flexibility index (Phi) is 5.46. The van der Waals surface area contributed by atoms with Gasteiger partial charge in [-0.2, -0.15) is 0 Å². The van der Waals surface area contributed by atoms with Gasteiger partial charge >= 0.3 is 0 Å². The van der Waals surface area contributed by atoms with Crippen molar-refractivity contribution in [1.29, 1.82) is 0 Å². The molecule has 0 saturated carbocycles. The highest BCUT2D eigenvalue weighted by atomic mass is 16.5. The zero-order chi connectivity index (χ0) is 13.5. The Morgan fingerprint density at radius 3 is 2.68 bits per heavy atom. The monoisotopic (exact) mass is 260 g/mol. The summed E-state index contributed by atoms with van der Waals surface area (Å²) in [7, 11) is 1.69. The fourth-order valence-corrected chi connectivity index (χ4v) is 2.45. The lowest BCUT2D eigenvalue weighted by atomic mass is 10.0. The van der Waals surface area contributed by atoms with Crippen molar-refractivity contribution in [3.05, 3.63) is 42.0 Å². The Hall–Kier alpha value is -1.28. The number of benzene rings is 1. The number of ether oxygens (including phenoxy) is 2. The largest absolute Gasteiger partial charge is 0.497 e. The summed E-state index contributed by atoms with van der Waals surface area (Å²) < 4.78 is 11.3. The maximum absolute atomic E-state index is 6.16. The average molecular weight is 260 g/mol. The maximum Gasteiger partial charge on any atom is 0.118 e. The maximum atomic E-state index is 6.16. The molecule has 0 saturated heterocycles. The lowest BCUT2D eigenvalue weighted by Crippen LogP contribution is -2.19. The predicted molar refractivity (Wildman–Crippen MR) is 78.5 cm³/mol. The molecule has 19 heavy (non-hydrogen) atoms. The highest BCUT2D eigenvalue weighted by Gasteiger charge is 2.19.